The molecule has 0 radical (unpaired) electrons. The summed E-state index contributed by atoms with van der Waals surface area (Å²) in [5.41, 5.74) is 0.419. The largest absolute Gasteiger partial charge is 0.480 e. The van der Waals surface area contributed by atoms with Crippen LogP contribution in [0.5, 0.6) is 0 Å². The van der Waals surface area contributed by atoms with Crippen molar-refractivity contribution in [1.29, 1.82) is 0 Å². The molecular formula is C12H14BrClN2O3. The van der Waals surface area contributed by atoms with E-state index in [9.17, 15) is 9.59 Å². The normalized spacial score (nSPS) is 11.7. The lowest BCUT2D eigenvalue weighted by atomic mass is 10.2. The Bertz CT molecular complexity index is 482. The van der Waals surface area contributed by atoms with Crippen molar-refractivity contribution in [3.63, 3.8) is 0 Å². The number of halogens is 2. The van der Waals surface area contributed by atoms with E-state index < -0.39 is 18.0 Å². The minimum Gasteiger partial charge on any atom is -0.480 e. The zero-order chi connectivity index (χ0) is 14.4. The van der Waals surface area contributed by atoms with Crippen molar-refractivity contribution in [3.8, 4) is 0 Å². The molecule has 1 unspecified atom stereocenters. The second-order valence-corrected chi connectivity index (χ2v) is 5.23. The fourth-order valence-corrected chi connectivity index (χ4v) is 2.17. The minimum absolute atomic E-state index is 0.367. The molecule has 0 aromatic heterocycles. The number of aliphatic carboxylic acids is 1. The number of hydrogen-bond acceptors (Lipinski definition) is 2. The van der Waals surface area contributed by atoms with E-state index in [1.54, 1.807) is 18.2 Å². The molecule has 1 aromatic rings. The van der Waals surface area contributed by atoms with Crippen LogP contribution >= 0.6 is 27.5 Å². The topological polar surface area (TPSA) is 78.4 Å². The lowest BCUT2D eigenvalue weighted by Gasteiger charge is -2.14. The Labute approximate surface area is 124 Å². The molecule has 0 saturated carbocycles. The monoisotopic (exact) mass is 348 g/mol. The predicted octanol–water partition coefficient (Wildman–Crippen LogP) is 3.48. The first-order valence-electron chi connectivity index (χ1n) is 5.69. The highest BCUT2D eigenvalue weighted by Crippen LogP contribution is 2.25. The molecule has 0 aliphatic heterocycles. The number of benzene rings is 1. The quantitative estimate of drug-likeness (QED) is 0.761. The zero-order valence-corrected chi connectivity index (χ0v) is 12.6. The summed E-state index contributed by atoms with van der Waals surface area (Å²) in [6, 6.07) is 3.49. The van der Waals surface area contributed by atoms with Gasteiger partial charge in [-0.1, -0.05) is 40.9 Å². The fourth-order valence-electron chi connectivity index (χ4n) is 1.45. The molecule has 1 rings (SSSR count). The van der Waals surface area contributed by atoms with Crippen molar-refractivity contribution >= 4 is 45.2 Å². The van der Waals surface area contributed by atoms with Crippen LogP contribution in [0.25, 0.3) is 0 Å². The molecule has 1 aromatic carbocycles. The number of nitrogens with one attached hydrogen (secondary N) is 2. The van der Waals surface area contributed by atoms with Crippen molar-refractivity contribution in [3.05, 3.63) is 27.7 Å². The van der Waals surface area contributed by atoms with Crippen LogP contribution in [0.15, 0.2) is 22.7 Å². The number of carbonyl (C=O) groups excluding carboxylic acids is 1. The number of hydrogen-bond donors (Lipinski definition) is 3. The van der Waals surface area contributed by atoms with Gasteiger partial charge in [0.2, 0.25) is 0 Å². The third kappa shape index (κ3) is 5.08. The highest BCUT2D eigenvalue weighted by atomic mass is 79.9. The maximum absolute atomic E-state index is 11.7. The van der Waals surface area contributed by atoms with Gasteiger partial charge >= 0.3 is 12.0 Å². The molecular weight excluding hydrogens is 336 g/mol. The maximum atomic E-state index is 11.7. The highest BCUT2D eigenvalue weighted by molar-refractivity contribution is 9.10. The predicted molar refractivity (Wildman–Crippen MR) is 77.6 cm³/mol. The minimum atomic E-state index is -1.06. The van der Waals surface area contributed by atoms with Crippen LogP contribution in [0.2, 0.25) is 5.02 Å². The van der Waals surface area contributed by atoms with Gasteiger partial charge < -0.3 is 15.7 Å². The Morgan fingerprint density at radius 3 is 2.68 bits per heavy atom. The Balaban J connectivity index is 2.66. The van der Waals surface area contributed by atoms with E-state index in [0.717, 1.165) is 4.47 Å². The molecule has 19 heavy (non-hydrogen) atoms. The van der Waals surface area contributed by atoms with E-state index in [-0.39, 0.29) is 0 Å². The van der Waals surface area contributed by atoms with Gasteiger partial charge in [-0.15, -0.1) is 0 Å². The highest BCUT2D eigenvalue weighted by Gasteiger charge is 2.19. The van der Waals surface area contributed by atoms with Gasteiger partial charge in [-0.2, -0.15) is 0 Å². The summed E-state index contributed by atoms with van der Waals surface area (Å²) in [5.74, 6) is -1.06. The molecule has 0 aliphatic rings. The number of amides is 2. The van der Waals surface area contributed by atoms with Crippen LogP contribution in [0.3, 0.4) is 0 Å². The van der Waals surface area contributed by atoms with Gasteiger partial charge in [-0.05, 0) is 24.6 Å². The molecule has 7 heteroatoms. The molecule has 0 fully saturated rings. The van der Waals surface area contributed by atoms with Gasteiger partial charge in [0.15, 0.2) is 0 Å². The van der Waals surface area contributed by atoms with E-state index in [1.165, 1.54) is 0 Å². The maximum Gasteiger partial charge on any atom is 0.326 e. The second kappa shape index (κ2) is 7.35. The first-order chi connectivity index (χ1) is 8.93. The fraction of sp³-hybridized carbons (Fsp3) is 0.333. The molecule has 1 atom stereocenters. The third-order valence-corrected chi connectivity index (χ3v) is 3.17. The van der Waals surface area contributed by atoms with Crippen molar-refractivity contribution in [2.45, 2.75) is 25.8 Å². The Kier molecular flexibility index (Phi) is 6.11. The van der Waals surface area contributed by atoms with Crippen LogP contribution in [0, 0.1) is 0 Å². The molecule has 5 nitrogen and oxygen atoms in total. The zero-order valence-electron chi connectivity index (χ0n) is 10.2. The number of carboxylic acids is 1. The van der Waals surface area contributed by atoms with Gasteiger partial charge in [0.25, 0.3) is 0 Å². The molecule has 0 bridgehead atoms. The van der Waals surface area contributed by atoms with Crippen LogP contribution in [0.1, 0.15) is 19.8 Å². The second-order valence-electron chi connectivity index (χ2n) is 3.90. The van der Waals surface area contributed by atoms with Crippen molar-refractivity contribution in [2.75, 3.05) is 5.32 Å². The summed E-state index contributed by atoms with van der Waals surface area (Å²) >= 11 is 9.20. The van der Waals surface area contributed by atoms with E-state index in [4.69, 9.17) is 16.7 Å². The Morgan fingerprint density at radius 2 is 2.16 bits per heavy atom. The summed E-state index contributed by atoms with van der Waals surface area (Å²) in [5, 5.41) is 14.2. The van der Waals surface area contributed by atoms with Crippen LogP contribution < -0.4 is 10.6 Å². The van der Waals surface area contributed by atoms with E-state index in [2.05, 4.69) is 26.6 Å². The third-order valence-electron chi connectivity index (χ3n) is 2.36. The number of urea groups is 1. The molecule has 104 valence electrons. The van der Waals surface area contributed by atoms with Gasteiger partial charge in [-0.3, -0.25) is 0 Å². The molecule has 0 aliphatic carbocycles. The van der Waals surface area contributed by atoms with Crippen molar-refractivity contribution in [2.24, 2.45) is 0 Å². The first kappa shape index (κ1) is 15.8. The summed E-state index contributed by atoms with van der Waals surface area (Å²) in [7, 11) is 0. The van der Waals surface area contributed by atoms with E-state index in [0.29, 0.717) is 23.6 Å². The summed E-state index contributed by atoms with van der Waals surface area (Å²) in [4.78, 5) is 22.6. The smallest absolute Gasteiger partial charge is 0.326 e. The molecule has 0 saturated heterocycles. The summed E-state index contributed by atoms with van der Waals surface area (Å²) < 4.78 is 0.790. The van der Waals surface area contributed by atoms with Gasteiger partial charge in [0.05, 0.1) is 10.7 Å². The molecule has 0 heterocycles. The average Bonchev–Trinajstić information content (AvgIpc) is 2.32. The molecule has 3 N–H and O–H groups in total. The summed E-state index contributed by atoms with van der Waals surface area (Å²) in [6.45, 7) is 1.85. The van der Waals surface area contributed by atoms with Gasteiger partial charge in [0.1, 0.15) is 6.04 Å². The Hall–Kier alpha value is -1.27. The van der Waals surface area contributed by atoms with Crippen LogP contribution in [-0.2, 0) is 4.79 Å². The summed E-state index contributed by atoms with van der Waals surface area (Å²) in [6.07, 6.45) is 1.03. The van der Waals surface area contributed by atoms with Crippen molar-refractivity contribution < 1.29 is 14.7 Å². The standard InChI is InChI=1S/C12H14BrClN2O3/c1-2-3-10(11(17)18)16-12(19)15-9-5-4-7(13)6-8(9)14/h4-6,10H,2-3H2,1H3,(H,17,18)(H2,15,16,19). The van der Waals surface area contributed by atoms with E-state index in [1.807, 2.05) is 6.92 Å². The Morgan fingerprint density at radius 1 is 1.47 bits per heavy atom. The number of anilines is 1. The number of carboxylic acid groups (broad SMARTS) is 1. The van der Waals surface area contributed by atoms with Gasteiger partial charge in [-0.25, -0.2) is 9.59 Å². The average molecular weight is 350 g/mol. The SMILES string of the molecule is CCCC(NC(=O)Nc1ccc(Br)cc1Cl)C(=O)O. The van der Waals surface area contributed by atoms with Crippen LogP contribution in [0.4, 0.5) is 10.5 Å². The van der Waals surface area contributed by atoms with Crippen LogP contribution in [-0.4, -0.2) is 23.1 Å². The first-order valence-corrected chi connectivity index (χ1v) is 6.86. The van der Waals surface area contributed by atoms with Crippen molar-refractivity contribution in [1.82, 2.24) is 5.32 Å². The number of rotatable bonds is 5. The lowest BCUT2D eigenvalue weighted by molar-refractivity contribution is -0.139. The lowest BCUT2D eigenvalue weighted by Crippen LogP contribution is -2.42. The van der Waals surface area contributed by atoms with Gasteiger partial charge in [0, 0.05) is 4.47 Å². The molecule has 2 amide bonds. The van der Waals surface area contributed by atoms with E-state index >= 15 is 0 Å². The molecule has 0 spiro atoms. The number of carbonyl (C=O) groups is 2.